The van der Waals surface area contributed by atoms with Gasteiger partial charge >= 0.3 is 0 Å². The Bertz CT molecular complexity index is 922. The molecule has 2 N–H and O–H groups in total. The molecule has 0 radical (unpaired) electrons. The van der Waals surface area contributed by atoms with Crippen molar-refractivity contribution in [3.63, 3.8) is 0 Å². The largest absolute Gasteiger partial charge is 0.376 e. The summed E-state index contributed by atoms with van der Waals surface area (Å²) < 4.78 is 5.60. The molecular weight excluding hydrogens is 414 g/mol. The molecule has 0 saturated carbocycles. The predicted molar refractivity (Wildman–Crippen MR) is 122 cm³/mol. The fourth-order valence-corrected chi connectivity index (χ4v) is 4.44. The van der Waals surface area contributed by atoms with Crippen LogP contribution in [0.5, 0.6) is 0 Å². The first-order valence-electron chi connectivity index (χ1n) is 10.9. The van der Waals surface area contributed by atoms with Gasteiger partial charge in [-0.1, -0.05) is 35.9 Å². The van der Waals surface area contributed by atoms with E-state index in [1.807, 2.05) is 36.4 Å². The van der Waals surface area contributed by atoms with Crippen LogP contribution in [-0.4, -0.2) is 50.2 Å². The number of ether oxygens (including phenoxy) is 1. The molecule has 2 fully saturated rings. The van der Waals surface area contributed by atoms with E-state index in [0.29, 0.717) is 22.7 Å². The molecule has 1 atom stereocenters. The Morgan fingerprint density at radius 1 is 0.968 bits per heavy atom. The van der Waals surface area contributed by atoms with Crippen molar-refractivity contribution >= 4 is 29.1 Å². The van der Waals surface area contributed by atoms with Gasteiger partial charge in [0.25, 0.3) is 11.8 Å². The van der Waals surface area contributed by atoms with Crippen molar-refractivity contribution < 1.29 is 14.3 Å². The summed E-state index contributed by atoms with van der Waals surface area (Å²) in [5.74, 6) is -0.210. The smallest absolute Gasteiger partial charge is 0.253 e. The molecule has 4 rings (SSSR count). The maximum Gasteiger partial charge on any atom is 0.253 e. The second-order valence-corrected chi connectivity index (χ2v) is 8.48. The molecule has 0 spiro atoms. The van der Waals surface area contributed by atoms with Gasteiger partial charge in [-0.25, -0.2) is 0 Å². The Labute approximate surface area is 187 Å². The summed E-state index contributed by atoms with van der Waals surface area (Å²) in [5.41, 5.74) is 2.11. The molecule has 31 heavy (non-hydrogen) atoms. The zero-order chi connectivity index (χ0) is 21.6. The Kier molecular flexibility index (Phi) is 7.10. The highest BCUT2D eigenvalue weighted by Crippen LogP contribution is 2.25. The standard InChI is InChI=1S/C24H28ClN3O3/c25-21-9-3-1-7-19(21)24(30)27-17-11-13-28(14-12-17)22-10-4-2-8-20(22)23(29)26-16-18-6-5-15-31-18/h1-4,7-10,17-18H,5-6,11-16H2,(H,26,29)(H,27,30). The highest BCUT2D eigenvalue weighted by atomic mass is 35.5. The molecule has 2 amide bonds. The minimum absolute atomic E-state index is 0.0692. The molecule has 164 valence electrons. The Morgan fingerprint density at radius 3 is 2.39 bits per heavy atom. The zero-order valence-electron chi connectivity index (χ0n) is 17.5. The third-order valence-corrected chi connectivity index (χ3v) is 6.28. The van der Waals surface area contributed by atoms with Crippen LogP contribution in [0, 0.1) is 0 Å². The monoisotopic (exact) mass is 441 g/mol. The lowest BCUT2D eigenvalue weighted by atomic mass is 10.0. The molecule has 2 heterocycles. The van der Waals surface area contributed by atoms with E-state index in [-0.39, 0.29) is 24.0 Å². The zero-order valence-corrected chi connectivity index (χ0v) is 18.2. The van der Waals surface area contributed by atoms with Crippen LogP contribution in [0.25, 0.3) is 0 Å². The molecular formula is C24H28ClN3O3. The van der Waals surface area contributed by atoms with Crippen molar-refractivity contribution in [3.8, 4) is 0 Å². The fourth-order valence-electron chi connectivity index (χ4n) is 4.22. The molecule has 1 unspecified atom stereocenters. The maximum atomic E-state index is 12.8. The highest BCUT2D eigenvalue weighted by molar-refractivity contribution is 6.33. The first kappa shape index (κ1) is 21.7. The lowest BCUT2D eigenvalue weighted by Crippen LogP contribution is -2.45. The summed E-state index contributed by atoms with van der Waals surface area (Å²) in [6.07, 6.45) is 3.78. The van der Waals surface area contributed by atoms with Crippen LogP contribution >= 0.6 is 11.6 Å². The van der Waals surface area contributed by atoms with Gasteiger partial charge in [-0.2, -0.15) is 0 Å². The van der Waals surface area contributed by atoms with Crippen molar-refractivity contribution in [2.75, 3.05) is 31.1 Å². The quantitative estimate of drug-likeness (QED) is 0.717. The Morgan fingerprint density at radius 2 is 1.68 bits per heavy atom. The molecule has 7 heteroatoms. The van der Waals surface area contributed by atoms with E-state index in [0.717, 1.165) is 51.1 Å². The number of rotatable bonds is 6. The average molecular weight is 442 g/mol. The number of nitrogens with one attached hydrogen (secondary N) is 2. The van der Waals surface area contributed by atoms with Gasteiger partial charge in [0.05, 0.1) is 22.3 Å². The summed E-state index contributed by atoms with van der Waals surface area (Å²) in [5, 5.41) is 6.57. The van der Waals surface area contributed by atoms with Crippen molar-refractivity contribution in [2.45, 2.75) is 37.8 Å². The van der Waals surface area contributed by atoms with Crippen LogP contribution in [0.2, 0.25) is 5.02 Å². The summed E-state index contributed by atoms with van der Waals surface area (Å²) in [7, 11) is 0. The van der Waals surface area contributed by atoms with Gasteiger partial charge in [0.2, 0.25) is 0 Å². The lowest BCUT2D eigenvalue weighted by Gasteiger charge is -2.35. The molecule has 2 saturated heterocycles. The minimum Gasteiger partial charge on any atom is -0.376 e. The van der Waals surface area contributed by atoms with Crippen LogP contribution < -0.4 is 15.5 Å². The number of anilines is 1. The molecule has 2 aliphatic heterocycles. The van der Waals surface area contributed by atoms with E-state index in [1.165, 1.54) is 0 Å². The number of carbonyl (C=O) groups excluding carboxylic acids is 2. The van der Waals surface area contributed by atoms with Gasteiger partial charge in [0.1, 0.15) is 0 Å². The third-order valence-electron chi connectivity index (χ3n) is 5.95. The second-order valence-electron chi connectivity index (χ2n) is 8.08. The van der Waals surface area contributed by atoms with Crippen LogP contribution in [0.1, 0.15) is 46.4 Å². The molecule has 6 nitrogen and oxygen atoms in total. The SMILES string of the molecule is O=C(NC1CCN(c2ccccc2C(=O)NCC2CCCO2)CC1)c1ccccc1Cl. The number of piperidine rings is 1. The molecule has 0 aliphatic carbocycles. The van der Waals surface area contributed by atoms with E-state index in [4.69, 9.17) is 16.3 Å². The van der Waals surface area contributed by atoms with E-state index in [1.54, 1.807) is 12.1 Å². The van der Waals surface area contributed by atoms with Crippen molar-refractivity contribution in [2.24, 2.45) is 0 Å². The van der Waals surface area contributed by atoms with Crippen molar-refractivity contribution in [3.05, 3.63) is 64.7 Å². The van der Waals surface area contributed by atoms with Gasteiger partial charge in [-0.05, 0) is 49.9 Å². The predicted octanol–water partition coefficient (Wildman–Crippen LogP) is 3.65. The van der Waals surface area contributed by atoms with Crippen molar-refractivity contribution in [1.29, 1.82) is 0 Å². The summed E-state index contributed by atoms with van der Waals surface area (Å²) in [6, 6.07) is 14.9. The topological polar surface area (TPSA) is 70.7 Å². The number of halogens is 1. The number of hydrogen-bond acceptors (Lipinski definition) is 4. The maximum absolute atomic E-state index is 12.8. The summed E-state index contributed by atoms with van der Waals surface area (Å²) >= 11 is 6.14. The number of amides is 2. The third kappa shape index (κ3) is 5.38. The Hall–Kier alpha value is -2.57. The number of benzene rings is 2. The van der Waals surface area contributed by atoms with Gasteiger partial charge in [-0.15, -0.1) is 0 Å². The fraction of sp³-hybridized carbons (Fsp3) is 0.417. The van der Waals surface area contributed by atoms with Gasteiger partial charge in [0, 0.05) is 38.0 Å². The van der Waals surface area contributed by atoms with Gasteiger partial charge in [-0.3, -0.25) is 9.59 Å². The van der Waals surface area contributed by atoms with Crippen molar-refractivity contribution in [1.82, 2.24) is 10.6 Å². The molecule has 0 aromatic heterocycles. The van der Waals surface area contributed by atoms with Crippen LogP contribution in [0.4, 0.5) is 5.69 Å². The summed E-state index contributed by atoms with van der Waals surface area (Å²) in [6.45, 7) is 2.86. The van der Waals surface area contributed by atoms with Crippen LogP contribution in [-0.2, 0) is 4.74 Å². The number of nitrogens with zero attached hydrogens (tertiary/aromatic N) is 1. The first-order valence-corrected chi connectivity index (χ1v) is 11.3. The van der Waals surface area contributed by atoms with E-state index in [9.17, 15) is 9.59 Å². The molecule has 2 aliphatic rings. The second kappa shape index (κ2) is 10.2. The van der Waals surface area contributed by atoms with E-state index in [2.05, 4.69) is 15.5 Å². The number of para-hydroxylation sites is 1. The van der Waals surface area contributed by atoms with Gasteiger partial charge < -0.3 is 20.3 Å². The minimum atomic E-state index is -0.141. The number of carbonyl (C=O) groups is 2. The molecule has 2 aromatic carbocycles. The first-order chi connectivity index (χ1) is 15.1. The highest BCUT2D eigenvalue weighted by Gasteiger charge is 2.25. The normalized spacial score (nSPS) is 19.3. The van der Waals surface area contributed by atoms with E-state index >= 15 is 0 Å². The molecule has 2 aromatic rings. The average Bonchev–Trinajstić information content (AvgIpc) is 3.32. The van der Waals surface area contributed by atoms with E-state index < -0.39 is 0 Å². The number of hydrogen-bond donors (Lipinski definition) is 2. The lowest BCUT2D eigenvalue weighted by molar-refractivity contribution is 0.0858. The van der Waals surface area contributed by atoms with Gasteiger partial charge in [0.15, 0.2) is 0 Å². The summed E-state index contributed by atoms with van der Waals surface area (Å²) in [4.78, 5) is 27.6. The van der Waals surface area contributed by atoms with Crippen LogP contribution in [0.15, 0.2) is 48.5 Å². The Balaban J connectivity index is 1.34. The molecule has 0 bridgehead atoms. The van der Waals surface area contributed by atoms with Crippen LogP contribution in [0.3, 0.4) is 0 Å².